The average molecular weight is 232 g/mol. The van der Waals surface area contributed by atoms with E-state index in [0.29, 0.717) is 18.1 Å². The second-order valence-corrected chi connectivity index (χ2v) is 3.73. The van der Waals surface area contributed by atoms with Crippen molar-refractivity contribution in [2.45, 2.75) is 20.4 Å². The first-order valence-electron chi connectivity index (χ1n) is 5.30. The minimum Gasteiger partial charge on any atom is -0.363 e. The Morgan fingerprint density at radius 2 is 2.12 bits per heavy atom. The zero-order valence-corrected chi connectivity index (χ0v) is 9.74. The summed E-state index contributed by atoms with van der Waals surface area (Å²) in [7, 11) is 0. The SMILES string of the molecule is Cc1cnc(C)c(NCc2ncccc2F)n1. The molecule has 2 rings (SSSR count). The van der Waals surface area contributed by atoms with Crippen molar-refractivity contribution in [3.05, 3.63) is 47.4 Å². The Hall–Kier alpha value is -2.04. The summed E-state index contributed by atoms with van der Waals surface area (Å²) in [6.07, 6.45) is 3.26. The molecule has 0 aliphatic carbocycles. The fourth-order valence-electron chi connectivity index (χ4n) is 1.42. The van der Waals surface area contributed by atoms with Gasteiger partial charge in [-0.25, -0.2) is 9.37 Å². The van der Waals surface area contributed by atoms with Gasteiger partial charge in [-0.15, -0.1) is 0 Å². The van der Waals surface area contributed by atoms with E-state index >= 15 is 0 Å². The molecule has 0 saturated carbocycles. The first-order valence-corrected chi connectivity index (χ1v) is 5.30. The molecule has 1 N–H and O–H groups in total. The Bertz CT molecular complexity index is 528. The summed E-state index contributed by atoms with van der Waals surface area (Å²) in [5.41, 5.74) is 1.97. The molecule has 0 amide bonds. The molecule has 17 heavy (non-hydrogen) atoms. The van der Waals surface area contributed by atoms with Gasteiger partial charge >= 0.3 is 0 Å². The van der Waals surface area contributed by atoms with E-state index in [1.54, 1.807) is 18.5 Å². The maximum absolute atomic E-state index is 13.3. The third kappa shape index (κ3) is 2.75. The van der Waals surface area contributed by atoms with Crippen LogP contribution in [0, 0.1) is 19.7 Å². The molecule has 0 spiro atoms. The number of nitrogens with zero attached hydrogens (tertiary/aromatic N) is 3. The topological polar surface area (TPSA) is 50.7 Å². The average Bonchev–Trinajstić information content (AvgIpc) is 2.32. The number of aryl methyl sites for hydroxylation is 2. The van der Waals surface area contributed by atoms with Crippen molar-refractivity contribution in [2.24, 2.45) is 0 Å². The maximum atomic E-state index is 13.3. The van der Waals surface area contributed by atoms with E-state index in [0.717, 1.165) is 11.4 Å². The fraction of sp³-hybridized carbons (Fsp3) is 0.250. The lowest BCUT2D eigenvalue weighted by Gasteiger charge is -2.08. The molecule has 0 aliphatic rings. The lowest BCUT2D eigenvalue weighted by Crippen LogP contribution is -2.07. The summed E-state index contributed by atoms with van der Waals surface area (Å²) in [5, 5.41) is 3.03. The number of pyridine rings is 1. The van der Waals surface area contributed by atoms with E-state index < -0.39 is 0 Å². The third-order valence-electron chi connectivity index (χ3n) is 2.33. The minimum absolute atomic E-state index is 0.297. The van der Waals surface area contributed by atoms with Crippen molar-refractivity contribution in [3.8, 4) is 0 Å². The van der Waals surface area contributed by atoms with E-state index in [9.17, 15) is 4.39 Å². The summed E-state index contributed by atoms with van der Waals surface area (Å²) in [6, 6.07) is 2.95. The second kappa shape index (κ2) is 4.86. The highest BCUT2D eigenvalue weighted by atomic mass is 19.1. The van der Waals surface area contributed by atoms with Crippen LogP contribution >= 0.6 is 0 Å². The molecule has 2 heterocycles. The van der Waals surface area contributed by atoms with Crippen LogP contribution < -0.4 is 5.32 Å². The van der Waals surface area contributed by atoms with Crippen LogP contribution in [0.15, 0.2) is 24.5 Å². The van der Waals surface area contributed by atoms with E-state index in [4.69, 9.17) is 0 Å². The maximum Gasteiger partial charge on any atom is 0.148 e. The zero-order chi connectivity index (χ0) is 12.3. The monoisotopic (exact) mass is 232 g/mol. The summed E-state index contributed by atoms with van der Waals surface area (Å²) in [4.78, 5) is 12.4. The van der Waals surface area contributed by atoms with Gasteiger partial charge in [-0.3, -0.25) is 9.97 Å². The van der Waals surface area contributed by atoms with Crippen LogP contribution in [-0.4, -0.2) is 15.0 Å². The van der Waals surface area contributed by atoms with E-state index in [1.165, 1.54) is 6.07 Å². The largest absolute Gasteiger partial charge is 0.363 e. The highest BCUT2D eigenvalue weighted by molar-refractivity contribution is 5.39. The lowest BCUT2D eigenvalue weighted by atomic mass is 10.3. The Kier molecular flexibility index (Phi) is 3.27. The molecule has 2 aromatic heterocycles. The molecule has 0 aliphatic heterocycles. The van der Waals surface area contributed by atoms with Crippen molar-refractivity contribution >= 4 is 5.82 Å². The molecule has 0 atom stereocenters. The predicted octanol–water partition coefficient (Wildman–Crippen LogP) is 2.24. The molecule has 5 heteroatoms. The third-order valence-corrected chi connectivity index (χ3v) is 2.33. The summed E-state index contributed by atoms with van der Waals surface area (Å²) in [5.74, 6) is 0.341. The molecule has 0 bridgehead atoms. The van der Waals surface area contributed by atoms with Crippen molar-refractivity contribution in [3.63, 3.8) is 0 Å². The van der Waals surface area contributed by atoms with E-state index in [-0.39, 0.29) is 5.82 Å². The Morgan fingerprint density at radius 3 is 2.88 bits per heavy atom. The molecule has 0 saturated heterocycles. The Labute approximate surface area is 99.0 Å². The zero-order valence-electron chi connectivity index (χ0n) is 9.74. The van der Waals surface area contributed by atoms with Gasteiger partial charge in [-0.05, 0) is 26.0 Å². The number of hydrogen-bond acceptors (Lipinski definition) is 4. The van der Waals surface area contributed by atoms with Crippen LogP contribution in [0.5, 0.6) is 0 Å². The van der Waals surface area contributed by atoms with E-state index in [1.807, 2.05) is 13.8 Å². The summed E-state index contributed by atoms with van der Waals surface area (Å²) >= 11 is 0. The Balaban J connectivity index is 2.12. The molecule has 0 unspecified atom stereocenters. The van der Waals surface area contributed by atoms with Crippen LogP contribution in [0.3, 0.4) is 0 Å². The number of aromatic nitrogens is 3. The molecular weight excluding hydrogens is 219 g/mol. The van der Waals surface area contributed by atoms with Gasteiger partial charge in [0.25, 0.3) is 0 Å². The van der Waals surface area contributed by atoms with Gasteiger partial charge in [-0.1, -0.05) is 0 Å². The first kappa shape index (κ1) is 11.4. The number of anilines is 1. The molecule has 2 aromatic rings. The highest BCUT2D eigenvalue weighted by Crippen LogP contribution is 2.11. The van der Waals surface area contributed by atoms with Crippen molar-refractivity contribution in [1.82, 2.24) is 15.0 Å². The first-order chi connectivity index (χ1) is 8.16. The van der Waals surface area contributed by atoms with E-state index in [2.05, 4.69) is 20.3 Å². The quantitative estimate of drug-likeness (QED) is 0.881. The standard InChI is InChI=1S/C12H13FN4/c1-8-6-15-9(2)12(17-8)16-7-11-10(13)4-3-5-14-11/h3-6H,7H2,1-2H3,(H,16,17). The van der Waals surface area contributed by atoms with Crippen LogP contribution in [0.2, 0.25) is 0 Å². The van der Waals surface area contributed by atoms with Crippen LogP contribution in [0.4, 0.5) is 10.2 Å². The normalized spacial score (nSPS) is 10.3. The van der Waals surface area contributed by atoms with Gasteiger partial charge in [0.05, 0.1) is 23.6 Å². The van der Waals surface area contributed by atoms with Crippen molar-refractivity contribution in [2.75, 3.05) is 5.32 Å². The molecule has 88 valence electrons. The van der Waals surface area contributed by atoms with Crippen LogP contribution in [0.1, 0.15) is 17.1 Å². The van der Waals surface area contributed by atoms with Gasteiger partial charge in [0.2, 0.25) is 0 Å². The molecule has 0 fully saturated rings. The van der Waals surface area contributed by atoms with Gasteiger partial charge < -0.3 is 5.32 Å². The lowest BCUT2D eigenvalue weighted by molar-refractivity contribution is 0.602. The van der Waals surface area contributed by atoms with Crippen LogP contribution in [0.25, 0.3) is 0 Å². The summed E-state index contributed by atoms with van der Waals surface area (Å²) in [6.45, 7) is 4.01. The number of rotatable bonds is 3. The highest BCUT2D eigenvalue weighted by Gasteiger charge is 2.05. The van der Waals surface area contributed by atoms with Crippen molar-refractivity contribution < 1.29 is 4.39 Å². The van der Waals surface area contributed by atoms with Gasteiger partial charge in [0, 0.05) is 12.4 Å². The van der Waals surface area contributed by atoms with Crippen LogP contribution in [-0.2, 0) is 6.54 Å². The molecular formula is C12H13FN4. The molecule has 0 radical (unpaired) electrons. The smallest absolute Gasteiger partial charge is 0.148 e. The second-order valence-electron chi connectivity index (χ2n) is 3.73. The Morgan fingerprint density at radius 1 is 1.29 bits per heavy atom. The summed E-state index contributed by atoms with van der Waals surface area (Å²) < 4.78 is 13.3. The number of nitrogens with one attached hydrogen (secondary N) is 1. The fourth-order valence-corrected chi connectivity index (χ4v) is 1.42. The van der Waals surface area contributed by atoms with Crippen molar-refractivity contribution in [1.29, 1.82) is 0 Å². The predicted molar refractivity (Wildman–Crippen MR) is 63.0 cm³/mol. The van der Waals surface area contributed by atoms with Gasteiger partial charge in [0.1, 0.15) is 11.6 Å². The number of hydrogen-bond donors (Lipinski definition) is 1. The van der Waals surface area contributed by atoms with Gasteiger partial charge in [0.15, 0.2) is 0 Å². The molecule has 4 nitrogen and oxygen atoms in total. The number of halogens is 1. The molecule has 0 aromatic carbocycles. The van der Waals surface area contributed by atoms with Gasteiger partial charge in [-0.2, -0.15) is 0 Å². The minimum atomic E-state index is -0.321.